The van der Waals surface area contributed by atoms with Crippen molar-refractivity contribution in [2.24, 2.45) is 0 Å². The van der Waals surface area contributed by atoms with E-state index in [9.17, 15) is 8.42 Å². The van der Waals surface area contributed by atoms with E-state index in [0.717, 1.165) is 68.2 Å². The maximum Gasteiger partial charge on any atom is 0.243 e. The molecule has 0 aliphatic carbocycles. The van der Waals surface area contributed by atoms with E-state index in [2.05, 4.69) is 17.0 Å². The Morgan fingerprint density at radius 3 is 2.69 bits per heavy atom. The van der Waals surface area contributed by atoms with Gasteiger partial charge in [0.05, 0.1) is 4.90 Å². The molecule has 0 bridgehead atoms. The molecule has 2 heterocycles. The zero-order valence-corrected chi connectivity index (χ0v) is 19.2. The van der Waals surface area contributed by atoms with Gasteiger partial charge >= 0.3 is 0 Å². The van der Waals surface area contributed by atoms with Gasteiger partial charge in [0, 0.05) is 43.3 Å². The van der Waals surface area contributed by atoms with Gasteiger partial charge in [0.2, 0.25) is 10.0 Å². The van der Waals surface area contributed by atoms with Crippen molar-refractivity contribution in [1.82, 2.24) is 9.21 Å². The van der Waals surface area contributed by atoms with Gasteiger partial charge in [0.1, 0.15) is 0 Å². The van der Waals surface area contributed by atoms with Crippen LogP contribution in [0.4, 0.5) is 5.69 Å². The number of benzene rings is 3. The van der Waals surface area contributed by atoms with Crippen molar-refractivity contribution in [2.75, 3.05) is 25.4 Å². The number of hydrogen-bond acceptors (Lipinski definition) is 4. The van der Waals surface area contributed by atoms with Gasteiger partial charge in [-0.1, -0.05) is 48.9 Å². The SMILES string of the molecule is Nc1ccc2c(c1)CN(CCC1CCCCN1S(=O)(=O)c1cccc3ccccc13)CC2. The number of rotatable bonds is 5. The summed E-state index contributed by atoms with van der Waals surface area (Å²) < 4.78 is 29.3. The van der Waals surface area contributed by atoms with Crippen LogP contribution in [0.2, 0.25) is 0 Å². The van der Waals surface area contributed by atoms with E-state index >= 15 is 0 Å². The average molecular weight is 450 g/mol. The van der Waals surface area contributed by atoms with Gasteiger partial charge in [-0.05, 0) is 60.4 Å². The Labute approximate surface area is 190 Å². The maximum atomic E-state index is 13.8. The first-order chi connectivity index (χ1) is 15.5. The third kappa shape index (κ3) is 4.15. The van der Waals surface area contributed by atoms with Crippen molar-refractivity contribution in [3.63, 3.8) is 0 Å². The van der Waals surface area contributed by atoms with E-state index in [1.807, 2.05) is 42.5 Å². The highest BCUT2D eigenvalue weighted by Crippen LogP contribution is 2.31. The predicted octanol–water partition coefficient (Wildman–Crippen LogP) is 4.41. The molecule has 2 aliphatic rings. The number of fused-ring (bicyclic) bond motifs is 2. The summed E-state index contributed by atoms with van der Waals surface area (Å²) in [5.41, 5.74) is 9.49. The number of anilines is 1. The molecule has 2 aliphatic heterocycles. The minimum absolute atomic E-state index is 0.0509. The summed E-state index contributed by atoms with van der Waals surface area (Å²) in [4.78, 5) is 2.88. The molecular formula is C26H31N3O2S. The number of hydrogen-bond donors (Lipinski definition) is 1. The molecule has 0 saturated carbocycles. The van der Waals surface area contributed by atoms with Crippen molar-refractivity contribution < 1.29 is 8.42 Å². The van der Waals surface area contributed by atoms with E-state index in [-0.39, 0.29) is 6.04 Å². The second-order valence-electron chi connectivity index (χ2n) is 9.09. The Morgan fingerprint density at radius 1 is 0.938 bits per heavy atom. The van der Waals surface area contributed by atoms with Gasteiger partial charge < -0.3 is 5.73 Å². The number of nitrogen functional groups attached to an aromatic ring is 1. The smallest absolute Gasteiger partial charge is 0.243 e. The molecule has 168 valence electrons. The highest BCUT2D eigenvalue weighted by Gasteiger charge is 2.34. The lowest BCUT2D eigenvalue weighted by Crippen LogP contribution is -2.45. The van der Waals surface area contributed by atoms with Gasteiger partial charge in [-0.3, -0.25) is 4.90 Å². The van der Waals surface area contributed by atoms with Crippen LogP contribution < -0.4 is 5.73 Å². The number of nitrogens with zero attached hydrogens (tertiary/aromatic N) is 2. The standard InChI is InChI=1S/C26H31N3O2S/c27-23-12-11-20-13-16-28(19-22(20)18-23)17-14-24-8-3-4-15-29(24)32(30,31)26-10-5-7-21-6-1-2-9-25(21)26/h1-2,5-7,9-12,18,24H,3-4,8,13-17,19,27H2. The maximum absolute atomic E-state index is 13.8. The highest BCUT2D eigenvalue weighted by molar-refractivity contribution is 7.89. The average Bonchev–Trinajstić information content (AvgIpc) is 2.82. The van der Waals surface area contributed by atoms with Crippen molar-refractivity contribution in [3.05, 3.63) is 71.8 Å². The molecule has 5 rings (SSSR count). The first-order valence-electron chi connectivity index (χ1n) is 11.6. The van der Waals surface area contributed by atoms with Crippen LogP contribution in [-0.4, -0.2) is 43.3 Å². The molecule has 3 aromatic carbocycles. The molecule has 1 fully saturated rings. The normalized spacial score (nSPS) is 20.3. The van der Waals surface area contributed by atoms with E-state index in [4.69, 9.17) is 5.73 Å². The molecule has 2 N–H and O–H groups in total. The van der Waals surface area contributed by atoms with Crippen LogP contribution in [0.3, 0.4) is 0 Å². The molecule has 1 unspecified atom stereocenters. The van der Waals surface area contributed by atoms with Gasteiger partial charge in [-0.25, -0.2) is 8.42 Å². The van der Waals surface area contributed by atoms with Crippen molar-refractivity contribution in [2.45, 2.75) is 49.6 Å². The monoisotopic (exact) mass is 449 g/mol. The van der Waals surface area contributed by atoms with Gasteiger partial charge in [0.25, 0.3) is 0 Å². The summed E-state index contributed by atoms with van der Waals surface area (Å²) >= 11 is 0. The van der Waals surface area contributed by atoms with Gasteiger partial charge in [0.15, 0.2) is 0 Å². The summed E-state index contributed by atoms with van der Waals surface area (Å²) in [5, 5.41) is 1.78. The zero-order chi connectivity index (χ0) is 22.1. The molecule has 1 atom stereocenters. The van der Waals surface area contributed by atoms with E-state index < -0.39 is 10.0 Å². The third-order valence-corrected chi connectivity index (χ3v) is 9.02. The van der Waals surface area contributed by atoms with Crippen LogP contribution >= 0.6 is 0 Å². The lowest BCUT2D eigenvalue weighted by Gasteiger charge is -2.37. The van der Waals surface area contributed by atoms with Crippen LogP contribution in [0.1, 0.15) is 36.8 Å². The fraction of sp³-hybridized carbons (Fsp3) is 0.385. The summed E-state index contributed by atoms with van der Waals surface area (Å²) in [6, 6.07) is 19.6. The Morgan fingerprint density at radius 2 is 1.78 bits per heavy atom. The minimum Gasteiger partial charge on any atom is -0.399 e. The molecule has 3 aromatic rings. The molecular weight excluding hydrogens is 418 g/mol. The lowest BCUT2D eigenvalue weighted by molar-refractivity contribution is 0.190. The molecule has 32 heavy (non-hydrogen) atoms. The Bertz CT molecular complexity index is 1220. The van der Waals surface area contributed by atoms with E-state index in [1.54, 1.807) is 10.4 Å². The van der Waals surface area contributed by atoms with Crippen LogP contribution in [0, 0.1) is 0 Å². The molecule has 0 amide bonds. The summed E-state index contributed by atoms with van der Waals surface area (Å²) in [6.07, 6.45) is 4.84. The van der Waals surface area contributed by atoms with Crippen LogP contribution in [0.25, 0.3) is 10.8 Å². The van der Waals surface area contributed by atoms with Crippen molar-refractivity contribution in [1.29, 1.82) is 0 Å². The second-order valence-corrected chi connectivity index (χ2v) is 10.9. The molecule has 0 spiro atoms. The number of sulfonamides is 1. The third-order valence-electron chi connectivity index (χ3n) is 7.01. The second kappa shape index (κ2) is 8.85. The first-order valence-corrected chi connectivity index (χ1v) is 13.1. The van der Waals surface area contributed by atoms with E-state index in [1.165, 1.54) is 11.1 Å². The lowest BCUT2D eigenvalue weighted by atomic mass is 9.97. The topological polar surface area (TPSA) is 66.6 Å². The number of nitrogens with two attached hydrogens (primary N) is 1. The molecule has 6 heteroatoms. The van der Waals surface area contributed by atoms with Crippen molar-refractivity contribution >= 4 is 26.5 Å². The number of piperidine rings is 1. The van der Waals surface area contributed by atoms with Crippen LogP contribution in [0.15, 0.2) is 65.6 Å². The summed E-state index contributed by atoms with van der Waals surface area (Å²) in [5.74, 6) is 0. The summed E-state index contributed by atoms with van der Waals surface area (Å²) in [7, 11) is -3.55. The fourth-order valence-corrected chi connectivity index (χ4v) is 7.22. The van der Waals surface area contributed by atoms with Gasteiger partial charge in [-0.15, -0.1) is 0 Å². The zero-order valence-electron chi connectivity index (χ0n) is 18.4. The summed E-state index contributed by atoms with van der Waals surface area (Å²) in [6.45, 7) is 3.42. The highest BCUT2D eigenvalue weighted by atomic mass is 32.2. The molecule has 0 radical (unpaired) electrons. The molecule has 0 aromatic heterocycles. The Balaban J connectivity index is 1.34. The van der Waals surface area contributed by atoms with Crippen LogP contribution in [-0.2, 0) is 23.0 Å². The minimum atomic E-state index is -3.55. The van der Waals surface area contributed by atoms with Crippen LogP contribution in [0.5, 0.6) is 0 Å². The largest absolute Gasteiger partial charge is 0.399 e. The molecule has 5 nitrogen and oxygen atoms in total. The first kappa shape index (κ1) is 21.4. The molecule has 1 saturated heterocycles. The Kier molecular flexibility index (Phi) is 5.93. The fourth-order valence-electron chi connectivity index (χ4n) is 5.28. The van der Waals surface area contributed by atoms with E-state index in [0.29, 0.717) is 11.4 Å². The predicted molar refractivity (Wildman–Crippen MR) is 130 cm³/mol. The van der Waals surface area contributed by atoms with Gasteiger partial charge in [-0.2, -0.15) is 4.31 Å². The Hall–Kier alpha value is -2.41. The quantitative estimate of drug-likeness (QED) is 0.586. The van der Waals surface area contributed by atoms with Crippen molar-refractivity contribution in [3.8, 4) is 0 Å².